The summed E-state index contributed by atoms with van der Waals surface area (Å²) in [6.07, 6.45) is 3.19. The van der Waals surface area contributed by atoms with E-state index < -0.39 is 17.5 Å². The Morgan fingerprint density at radius 1 is 1.15 bits per heavy atom. The summed E-state index contributed by atoms with van der Waals surface area (Å²) in [5, 5.41) is 9.85. The van der Waals surface area contributed by atoms with E-state index in [1.54, 1.807) is 16.9 Å². The molecule has 3 rings (SSSR count). The van der Waals surface area contributed by atoms with Gasteiger partial charge >= 0.3 is 0 Å². The molecule has 2 aromatic heterocycles. The molecule has 0 unspecified atom stereocenters. The number of nitrogens with one attached hydrogen (secondary N) is 2. The van der Waals surface area contributed by atoms with Crippen molar-refractivity contribution in [3.05, 3.63) is 65.7 Å². The van der Waals surface area contributed by atoms with Gasteiger partial charge in [0.15, 0.2) is 5.82 Å². The van der Waals surface area contributed by atoms with Crippen LogP contribution >= 0.6 is 0 Å². The van der Waals surface area contributed by atoms with Gasteiger partial charge in [-0.15, -0.1) is 0 Å². The quantitative estimate of drug-likeness (QED) is 0.659. The number of rotatable bonds is 6. The van der Waals surface area contributed by atoms with Gasteiger partial charge in [-0.2, -0.15) is 5.10 Å². The van der Waals surface area contributed by atoms with Gasteiger partial charge in [-0.1, -0.05) is 0 Å². The largest absolute Gasteiger partial charge is 0.368 e. The first-order valence-corrected chi connectivity index (χ1v) is 7.85. The highest BCUT2D eigenvalue weighted by atomic mass is 19.1. The number of benzene rings is 1. The summed E-state index contributed by atoms with van der Waals surface area (Å²) in [7, 11) is 0. The zero-order chi connectivity index (χ0) is 18.5. The second-order valence-electron chi connectivity index (χ2n) is 5.47. The van der Waals surface area contributed by atoms with Crippen LogP contribution in [0.1, 0.15) is 16.1 Å². The predicted molar refractivity (Wildman–Crippen MR) is 91.1 cm³/mol. The van der Waals surface area contributed by atoms with Crippen molar-refractivity contribution >= 4 is 11.7 Å². The molecule has 0 aliphatic heterocycles. The Kier molecular flexibility index (Phi) is 5.16. The molecule has 1 aromatic carbocycles. The number of amides is 1. The number of aryl methyl sites for hydroxylation is 1. The minimum atomic E-state index is -0.898. The Hall–Kier alpha value is -3.36. The van der Waals surface area contributed by atoms with Gasteiger partial charge in [-0.05, 0) is 25.1 Å². The van der Waals surface area contributed by atoms with E-state index in [2.05, 4.69) is 25.7 Å². The van der Waals surface area contributed by atoms with E-state index in [1.807, 2.05) is 13.0 Å². The standard InChI is InChI=1S/C17H16F2N6O/c1-11-4-7-25(24-11)16-9-15(22-10-23-16)20-5-6-21-17(26)13-3-2-12(18)8-14(13)19/h2-4,7-10H,5-6H2,1H3,(H,21,26)(H,20,22,23). The van der Waals surface area contributed by atoms with Gasteiger partial charge in [0.05, 0.1) is 11.3 Å². The van der Waals surface area contributed by atoms with Crippen molar-refractivity contribution in [1.82, 2.24) is 25.1 Å². The van der Waals surface area contributed by atoms with Crippen LogP contribution in [-0.4, -0.2) is 38.7 Å². The van der Waals surface area contributed by atoms with Gasteiger partial charge in [0.1, 0.15) is 23.8 Å². The Labute approximate surface area is 148 Å². The molecule has 134 valence electrons. The second-order valence-corrected chi connectivity index (χ2v) is 5.47. The molecule has 0 spiro atoms. The van der Waals surface area contributed by atoms with Crippen molar-refractivity contribution in [2.75, 3.05) is 18.4 Å². The summed E-state index contributed by atoms with van der Waals surface area (Å²) < 4.78 is 28.0. The summed E-state index contributed by atoms with van der Waals surface area (Å²) in [5.41, 5.74) is 0.665. The average molecular weight is 358 g/mol. The molecule has 0 saturated carbocycles. The van der Waals surface area contributed by atoms with E-state index in [-0.39, 0.29) is 12.1 Å². The minimum Gasteiger partial charge on any atom is -0.368 e. The molecule has 0 aliphatic carbocycles. The molecular weight excluding hydrogens is 342 g/mol. The summed E-state index contributed by atoms with van der Waals surface area (Å²) >= 11 is 0. The summed E-state index contributed by atoms with van der Waals surface area (Å²) in [4.78, 5) is 20.1. The van der Waals surface area contributed by atoms with Crippen molar-refractivity contribution in [1.29, 1.82) is 0 Å². The van der Waals surface area contributed by atoms with Crippen LogP contribution in [0.4, 0.5) is 14.6 Å². The molecule has 3 aromatic rings. The molecule has 0 fully saturated rings. The van der Waals surface area contributed by atoms with Crippen molar-refractivity contribution in [2.45, 2.75) is 6.92 Å². The van der Waals surface area contributed by atoms with Gasteiger partial charge in [-0.3, -0.25) is 4.79 Å². The number of halogens is 2. The fourth-order valence-corrected chi connectivity index (χ4v) is 2.25. The molecule has 2 heterocycles. The third kappa shape index (κ3) is 4.18. The van der Waals surface area contributed by atoms with Crippen LogP contribution in [0.3, 0.4) is 0 Å². The lowest BCUT2D eigenvalue weighted by Crippen LogP contribution is -2.29. The van der Waals surface area contributed by atoms with Crippen LogP contribution in [0.5, 0.6) is 0 Å². The third-order valence-electron chi connectivity index (χ3n) is 3.50. The van der Waals surface area contributed by atoms with E-state index in [1.165, 1.54) is 6.33 Å². The van der Waals surface area contributed by atoms with Gasteiger partial charge in [-0.25, -0.2) is 23.4 Å². The van der Waals surface area contributed by atoms with E-state index >= 15 is 0 Å². The first-order valence-electron chi connectivity index (χ1n) is 7.85. The van der Waals surface area contributed by atoms with Crippen molar-refractivity contribution in [2.24, 2.45) is 0 Å². The van der Waals surface area contributed by atoms with E-state index in [9.17, 15) is 13.6 Å². The maximum atomic E-state index is 13.5. The first kappa shape index (κ1) is 17.5. The Morgan fingerprint density at radius 2 is 2.00 bits per heavy atom. The number of hydrogen-bond acceptors (Lipinski definition) is 5. The number of nitrogens with zero attached hydrogens (tertiary/aromatic N) is 4. The lowest BCUT2D eigenvalue weighted by Gasteiger charge is -2.09. The maximum absolute atomic E-state index is 13.5. The SMILES string of the molecule is Cc1ccn(-c2cc(NCCNC(=O)c3ccc(F)cc3F)ncn2)n1. The average Bonchev–Trinajstić information content (AvgIpc) is 3.05. The molecule has 2 N–H and O–H groups in total. The molecule has 0 atom stereocenters. The fourth-order valence-electron chi connectivity index (χ4n) is 2.25. The highest BCUT2D eigenvalue weighted by molar-refractivity contribution is 5.94. The van der Waals surface area contributed by atoms with Crippen molar-refractivity contribution in [3.63, 3.8) is 0 Å². The zero-order valence-electron chi connectivity index (χ0n) is 13.9. The zero-order valence-corrected chi connectivity index (χ0v) is 13.9. The topological polar surface area (TPSA) is 84.7 Å². The Balaban J connectivity index is 1.53. The van der Waals surface area contributed by atoms with Gasteiger partial charge < -0.3 is 10.6 Å². The second kappa shape index (κ2) is 7.68. The first-order chi connectivity index (χ1) is 12.5. The minimum absolute atomic E-state index is 0.204. The van der Waals surface area contributed by atoms with E-state index in [4.69, 9.17) is 0 Å². The third-order valence-corrected chi connectivity index (χ3v) is 3.50. The van der Waals surface area contributed by atoms with Crippen LogP contribution in [-0.2, 0) is 0 Å². The van der Waals surface area contributed by atoms with E-state index in [0.29, 0.717) is 24.2 Å². The molecule has 0 aliphatic rings. The molecule has 0 saturated heterocycles. The van der Waals surface area contributed by atoms with Crippen molar-refractivity contribution in [3.8, 4) is 5.82 Å². The van der Waals surface area contributed by atoms with Crippen LogP contribution in [0.25, 0.3) is 5.82 Å². The smallest absolute Gasteiger partial charge is 0.254 e. The lowest BCUT2D eigenvalue weighted by molar-refractivity contribution is 0.0951. The molecule has 1 amide bonds. The Bertz CT molecular complexity index is 927. The number of carbonyl (C=O) groups excluding carboxylic acids is 1. The number of carbonyl (C=O) groups is 1. The molecule has 0 bridgehead atoms. The summed E-state index contributed by atoms with van der Waals surface area (Å²) in [5.74, 6) is -1.07. The summed E-state index contributed by atoms with van der Waals surface area (Å²) in [6, 6.07) is 6.39. The maximum Gasteiger partial charge on any atom is 0.254 e. The monoisotopic (exact) mass is 358 g/mol. The van der Waals surface area contributed by atoms with Gasteiger partial charge in [0.25, 0.3) is 5.91 Å². The van der Waals surface area contributed by atoms with Crippen LogP contribution in [0.15, 0.2) is 42.9 Å². The highest BCUT2D eigenvalue weighted by Gasteiger charge is 2.11. The fraction of sp³-hybridized carbons (Fsp3) is 0.176. The predicted octanol–water partition coefficient (Wildman–Crippen LogP) is 2.09. The molecule has 26 heavy (non-hydrogen) atoms. The van der Waals surface area contributed by atoms with Gasteiger partial charge in [0.2, 0.25) is 0 Å². The Morgan fingerprint density at radius 3 is 2.73 bits per heavy atom. The van der Waals surface area contributed by atoms with Gasteiger partial charge in [0, 0.05) is 31.4 Å². The lowest BCUT2D eigenvalue weighted by atomic mass is 10.2. The highest BCUT2D eigenvalue weighted by Crippen LogP contribution is 2.10. The molecular formula is C17H16F2N6O. The van der Waals surface area contributed by atoms with Crippen LogP contribution < -0.4 is 10.6 Å². The molecule has 0 radical (unpaired) electrons. The van der Waals surface area contributed by atoms with Crippen molar-refractivity contribution < 1.29 is 13.6 Å². The number of hydrogen-bond donors (Lipinski definition) is 2. The molecule has 7 nitrogen and oxygen atoms in total. The molecule has 9 heteroatoms. The van der Waals surface area contributed by atoms with E-state index in [0.717, 1.165) is 17.8 Å². The van der Waals surface area contributed by atoms with Crippen LogP contribution in [0.2, 0.25) is 0 Å². The normalized spacial score (nSPS) is 10.6. The number of aromatic nitrogens is 4. The number of anilines is 1. The van der Waals surface area contributed by atoms with Crippen LogP contribution in [0, 0.1) is 18.6 Å². The summed E-state index contributed by atoms with van der Waals surface area (Å²) in [6.45, 7) is 2.47.